The van der Waals surface area contributed by atoms with Crippen molar-refractivity contribution in [1.29, 1.82) is 0 Å². The molecule has 2 radical (unpaired) electrons. The Labute approximate surface area is 436 Å². The Balaban J connectivity index is -0.000000245. The van der Waals surface area contributed by atoms with E-state index >= 15 is 0 Å². The smallest absolute Gasteiger partial charge is 0.303 e. The number of carboxylic acids is 2. The molecule has 0 atom stereocenters. The van der Waals surface area contributed by atoms with Crippen LogP contribution in [0, 0.1) is 20.5 Å². The van der Waals surface area contributed by atoms with E-state index in [1.165, 1.54) is 0 Å². The first-order chi connectivity index (χ1) is 31.5. The average molecular weight is 1120 g/mol. The predicted octanol–water partition coefficient (Wildman–Crippen LogP) is -4.31. The summed E-state index contributed by atoms with van der Waals surface area (Å²) >= 11 is 0. The predicted molar refractivity (Wildman–Crippen MR) is 229 cm³/mol. The van der Waals surface area contributed by atoms with E-state index in [0.29, 0.717) is 0 Å². The van der Waals surface area contributed by atoms with Crippen LogP contribution in [0.3, 0.4) is 0 Å². The van der Waals surface area contributed by atoms with E-state index in [4.69, 9.17) is 47.5 Å². The Morgan fingerprint density at radius 1 is 0.306 bits per heavy atom. The zero-order chi connectivity index (χ0) is 48.5. The molecule has 0 amide bonds. The first-order valence-corrected chi connectivity index (χ1v) is 20.9. The number of pyridine rings is 8. The molecular formula is C44H46Cl2Mn2N8O16-2. The molecule has 0 unspecified atom stereocenters. The SMILES string of the molecule is O.O.O.O.O=C(O)CCC(=O)O.[Mn].[Mn].[O-][Cl+3]([O-])([O-])[O-].[O-][Cl+3]([O-])([O-])[O-].c1ccc(-c2ccccn2)nc1.c1ccc(-c2ccccn2)nc1.c1ccc(-c2ccccn2)nc1.c1ccc(-c2ccccn2)nc1. The minimum atomic E-state index is -4.94. The van der Waals surface area contributed by atoms with Gasteiger partial charge in [-0.05, 0) is 97.1 Å². The van der Waals surface area contributed by atoms with Gasteiger partial charge in [0.15, 0.2) is 0 Å². The third-order valence-corrected chi connectivity index (χ3v) is 6.92. The van der Waals surface area contributed by atoms with Gasteiger partial charge in [-0.15, -0.1) is 20.5 Å². The normalized spacial score (nSPS) is 9.06. The molecule has 0 bridgehead atoms. The van der Waals surface area contributed by atoms with Gasteiger partial charge in [0, 0.05) is 83.7 Å². The Bertz CT molecular complexity index is 1990. The van der Waals surface area contributed by atoms with Gasteiger partial charge in [-0.3, -0.25) is 49.5 Å². The number of hydrogen-bond acceptors (Lipinski definition) is 18. The summed E-state index contributed by atoms with van der Waals surface area (Å²) in [6.07, 6.45) is 13.6. The summed E-state index contributed by atoms with van der Waals surface area (Å²) in [5.74, 6) is -2.15. The molecule has 0 aliphatic heterocycles. The van der Waals surface area contributed by atoms with E-state index in [2.05, 4.69) is 39.9 Å². The van der Waals surface area contributed by atoms with Crippen molar-refractivity contribution in [3.8, 4) is 45.6 Å². The molecule has 0 aromatic carbocycles. The molecule has 24 nitrogen and oxygen atoms in total. The van der Waals surface area contributed by atoms with E-state index in [0.717, 1.165) is 45.6 Å². The maximum absolute atomic E-state index is 9.64. The summed E-state index contributed by atoms with van der Waals surface area (Å²) in [6.45, 7) is 0. The van der Waals surface area contributed by atoms with E-state index in [1.54, 1.807) is 49.6 Å². The Hall–Kier alpha value is -6.72. The molecule has 0 fully saturated rings. The zero-order valence-electron chi connectivity index (χ0n) is 37.0. The fraction of sp³-hybridized carbons (Fsp3) is 0.0455. The molecule has 0 aliphatic rings. The third kappa shape index (κ3) is 40.1. The van der Waals surface area contributed by atoms with Crippen LogP contribution < -0.4 is 37.3 Å². The van der Waals surface area contributed by atoms with Gasteiger partial charge in [0.1, 0.15) is 0 Å². The van der Waals surface area contributed by atoms with Crippen molar-refractivity contribution in [1.82, 2.24) is 39.9 Å². The van der Waals surface area contributed by atoms with Crippen molar-refractivity contribution in [2.24, 2.45) is 0 Å². The first kappa shape index (κ1) is 74.2. The molecule has 72 heavy (non-hydrogen) atoms. The van der Waals surface area contributed by atoms with Crippen LogP contribution in [0.15, 0.2) is 195 Å². The molecule has 8 rings (SSSR count). The molecule has 8 aromatic rings. The van der Waals surface area contributed by atoms with Crippen molar-refractivity contribution >= 4 is 11.9 Å². The zero-order valence-corrected chi connectivity index (χ0v) is 40.8. The van der Waals surface area contributed by atoms with Crippen LogP contribution in [-0.2, 0) is 43.7 Å². The van der Waals surface area contributed by atoms with Gasteiger partial charge in [-0.25, -0.2) is 37.3 Å². The van der Waals surface area contributed by atoms with E-state index in [-0.39, 0.29) is 68.9 Å². The summed E-state index contributed by atoms with van der Waals surface area (Å²) in [7, 11) is -9.89. The van der Waals surface area contributed by atoms with E-state index in [9.17, 15) is 9.59 Å². The standard InChI is InChI=1S/4C10H8N2.C4H6O4.2ClHO4.2Mn.4H2O/c4*1-3-7-11-9(5-1)10-6-2-4-8-12-10;5-3(6)1-2-4(7)8;2*2-1(3,4)5;;;;;;/h4*1-8H;1-2H2,(H,5,6)(H,7,8);2*(H,2,3,4,5);;;4*1H2/p-2. The molecule has 0 saturated carbocycles. The molecule has 28 heteroatoms. The van der Waals surface area contributed by atoms with E-state index < -0.39 is 32.4 Å². The molecule has 0 aliphatic carbocycles. The van der Waals surface area contributed by atoms with Crippen LogP contribution in [-0.4, -0.2) is 83.9 Å². The second-order valence-corrected chi connectivity index (χ2v) is 13.3. The van der Waals surface area contributed by atoms with Crippen LogP contribution in [0.25, 0.3) is 45.6 Å². The monoisotopic (exact) mass is 1120 g/mol. The minimum absolute atomic E-state index is 0. The van der Waals surface area contributed by atoms with Crippen molar-refractivity contribution in [3.05, 3.63) is 195 Å². The number of carbonyl (C=O) groups is 2. The third-order valence-electron chi connectivity index (χ3n) is 6.92. The molecule has 0 saturated heterocycles. The van der Waals surface area contributed by atoms with Gasteiger partial charge in [-0.1, -0.05) is 48.5 Å². The molecule has 8 aromatic heterocycles. The fourth-order valence-electron chi connectivity index (χ4n) is 4.33. The Morgan fingerprint density at radius 2 is 0.417 bits per heavy atom. The molecular weight excluding hydrogens is 1080 g/mol. The van der Waals surface area contributed by atoms with Crippen LogP contribution in [0.2, 0.25) is 0 Å². The molecule has 8 heterocycles. The van der Waals surface area contributed by atoms with Gasteiger partial charge in [-0.2, -0.15) is 0 Å². The number of halogens is 2. The maximum Gasteiger partial charge on any atom is 0.303 e. The van der Waals surface area contributed by atoms with Crippen molar-refractivity contribution in [2.75, 3.05) is 0 Å². The topological polar surface area (TPSA) is 488 Å². The van der Waals surface area contributed by atoms with Gasteiger partial charge in [0.25, 0.3) is 0 Å². The second kappa shape index (κ2) is 43.1. The van der Waals surface area contributed by atoms with Gasteiger partial charge in [0.05, 0.1) is 58.4 Å². The van der Waals surface area contributed by atoms with Crippen LogP contribution in [0.1, 0.15) is 12.8 Å². The quantitative estimate of drug-likeness (QED) is 0.143. The summed E-state index contributed by atoms with van der Waals surface area (Å²) in [6, 6.07) is 46.4. The molecule has 0 spiro atoms. The number of aromatic nitrogens is 8. The summed E-state index contributed by atoms with van der Waals surface area (Å²) < 4.78 is 67.9. The van der Waals surface area contributed by atoms with Crippen molar-refractivity contribution < 1.29 is 134 Å². The van der Waals surface area contributed by atoms with Gasteiger partial charge >= 0.3 is 11.9 Å². The minimum Gasteiger partial charge on any atom is -0.481 e. The Morgan fingerprint density at radius 3 is 0.486 bits per heavy atom. The Kier molecular flexibility index (Phi) is 44.4. The van der Waals surface area contributed by atoms with Crippen molar-refractivity contribution in [2.45, 2.75) is 12.8 Å². The summed E-state index contributed by atoms with van der Waals surface area (Å²) in [5, 5.41) is 15.8. The first-order valence-electron chi connectivity index (χ1n) is 18.5. The summed E-state index contributed by atoms with van der Waals surface area (Å²) in [5.41, 5.74) is 7.32. The summed E-state index contributed by atoms with van der Waals surface area (Å²) in [4.78, 5) is 52.8. The van der Waals surface area contributed by atoms with E-state index in [1.807, 2.05) is 146 Å². The van der Waals surface area contributed by atoms with Crippen molar-refractivity contribution in [3.63, 3.8) is 0 Å². The van der Waals surface area contributed by atoms with Gasteiger partial charge in [0.2, 0.25) is 0 Å². The average Bonchev–Trinajstić information content (AvgIpc) is 3.33. The number of rotatable bonds is 7. The van der Waals surface area contributed by atoms with Gasteiger partial charge < -0.3 is 32.1 Å². The maximum atomic E-state index is 9.64. The number of carboxylic acid groups (broad SMARTS) is 2. The number of nitrogens with zero attached hydrogens (tertiary/aromatic N) is 8. The fourth-order valence-corrected chi connectivity index (χ4v) is 4.33. The second-order valence-electron chi connectivity index (χ2n) is 11.8. The number of aliphatic carboxylic acids is 2. The van der Waals surface area contributed by atoms with Crippen LogP contribution in [0.4, 0.5) is 0 Å². The molecule has 10 N–H and O–H groups in total. The molecule has 388 valence electrons. The number of hydrogen-bond donors (Lipinski definition) is 2. The van der Waals surface area contributed by atoms with Crippen LogP contribution in [0.5, 0.6) is 0 Å². The van der Waals surface area contributed by atoms with Crippen LogP contribution >= 0.6 is 0 Å². The largest absolute Gasteiger partial charge is 0.481 e.